The van der Waals surface area contributed by atoms with Crippen molar-refractivity contribution in [3.05, 3.63) is 35.4 Å². The molecule has 1 rings (SSSR count). The number of hydrogen-bond donors (Lipinski definition) is 1. The smallest absolute Gasteiger partial charge is 0.331 e. The molecule has 0 atom stereocenters. The van der Waals surface area contributed by atoms with Crippen LogP contribution in [0.1, 0.15) is 18.9 Å². The molecule has 0 saturated carbocycles. The number of hydrogen-bond acceptors (Lipinski definition) is 3. The van der Waals surface area contributed by atoms with Gasteiger partial charge in [-0.15, -0.1) is 0 Å². The van der Waals surface area contributed by atoms with Gasteiger partial charge in [-0.25, -0.2) is 4.79 Å². The minimum atomic E-state index is -0.908. The number of carboxylic acids is 1. The van der Waals surface area contributed by atoms with Gasteiger partial charge in [-0.05, 0) is 18.6 Å². The molecule has 0 radical (unpaired) electrons. The maximum Gasteiger partial charge on any atom is 0.331 e. The van der Waals surface area contributed by atoms with Gasteiger partial charge >= 0.3 is 5.97 Å². The van der Waals surface area contributed by atoms with Crippen LogP contribution in [0.25, 0.3) is 6.08 Å². The third-order valence-electron chi connectivity index (χ3n) is 2.24. The highest BCUT2D eigenvalue weighted by molar-refractivity contribution is 5.92. The largest absolute Gasteiger partial charge is 0.478 e. The minimum Gasteiger partial charge on any atom is -0.478 e. The first-order valence-corrected chi connectivity index (χ1v) is 5.33. The van der Waals surface area contributed by atoms with Crippen LogP contribution in [0.4, 0.5) is 0 Å². The molecule has 0 heterocycles. The third-order valence-corrected chi connectivity index (χ3v) is 2.24. The van der Waals surface area contributed by atoms with Crippen LogP contribution in [0, 0.1) is 0 Å². The Bertz CT molecular complexity index is 410. The molecule has 0 spiro atoms. The maximum absolute atomic E-state index is 10.9. The average molecular weight is 236 g/mol. The van der Waals surface area contributed by atoms with E-state index < -0.39 is 5.97 Å². The van der Waals surface area contributed by atoms with Gasteiger partial charge in [0.25, 0.3) is 0 Å². The first-order chi connectivity index (χ1) is 8.19. The van der Waals surface area contributed by atoms with Gasteiger partial charge in [-0.3, -0.25) is 0 Å². The Labute approximate surface area is 100 Å². The van der Waals surface area contributed by atoms with Crippen molar-refractivity contribution in [1.82, 2.24) is 0 Å². The summed E-state index contributed by atoms with van der Waals surface area (Å²) >= 11 is 0. The molecule has 1 N–H and O–H groups in total. The predicted molar refractivity (Wildman–Crippen MR) is 64.8 cm³/mol. The van der Waals surface area contributed by atoms with Crippen molar-refractivity contribution >= 4 is 12.0 Å². The number of aliphatic carboxylic acids is 1. The van der Waals surface area contributed by atoms with Crippen LogP contribution >= 0.6 is 0 Å². The molecule has 4 nitrogen and oxygen atoms in total. The number of methoxy groups -OCH3 is 1. The highest BCUT2D eigenvalue weighted by Gasteiger charge is 2.07. The van der Waals surface area contributed by atoms with E-state index in [-0.39, 0.29) is 6.79 Å². The molecule has 4 heteroatoms. The van der Waals surface area contributed by atoms with Gasteiger partial charge in [-0.2, -0.15) is 0 Å². The lowest BCUT2D eigenvalue weighted by atomic mass is 10.1. The Morgan fingerprint density at radius 3 is 2.71 bits per heavy atom. The molecule has 92 valence electrons. The number of rotatable bonds is 6. The number of para-hydroxylation sites is 1. The summed E-state index contributed by atoms with van der Waals surface area (Å²) in [6.07, 6.45) is 2.08. The van der Waals surface area contributed by atoms with Crippen molar-refractivity contribution in [3.8, 4) is 5.75 Å². The molecule has 1 aromatic carbocycles. The van der Waals surface area contributed by atoms with Gasteiger partial charge in [0.05, 0.1) is 0 Å². The molecule has 0 amide bonds. The molecule has 1 aromatic rings. The summed E-state index contributed by atoms with van der Waals surface area (Å²) in [5.74, 6) is -0.296. The standard InChI is InChI=1S/C13H16O4/c1-3-10(13(14)15)8-11-6-4-5-7-12(11)17-9-16-2/h4-8H,3,9H2,1-2H3,(H,14,15). The third kappa shape index (κ3) is 3.92. The fraction of sp³-hybridized carbons (Fsp3) is 0.308. The van der Waals surface area contributed by atoms with E-state index in [1.54, 1.807) is 19.1 Å². The average Bonchev–Trinajstić information content (AvgIpc) is 2.34. The predicted octanol–water partition coefficient (Wildman–Crippen LogP) is 2.55. The first kappa shape index (κ1) is 13.3. The Morgan fingerprint density at radius 2 is 2.12 bits per heavy atom. The van der Waals surface area contributed by atoms with Crippen LogP contribution in [0.15, 0.2) is 29.8 Å². The molecule has 0 aromatic heterocycles. The second kappa shape index (κ2) is 6.70. The zero-order chi connectivity index (χ0) is 12.7. The van der Waals surface area contributed by atoms with Crippen molar-refractivity contribution < 1.29 is 19.4 Å². The maximum atomic E-state index is 10.9. The topological polar surface area (TPSA) is 55.8 Å². The molecular formula is C13H16O4. The lowest BCUT2D eigenvalue weighted by Gasteiger charge is -2.08. The van der Waals surface area contributed by atoms with Crippen molar-refractivity contribution in [3.63, 3.8) is 0 Å². The van der Waals surface area contributed by atoms with E-state index in [1.165, 1.54) is 7.11 Å². The molecular weight excluding hydrogens is 220 g/mol. The lowest BCUT2D eigenvalue weighted by Crippen LogP contribution is -2.02. The van der Waals surface area contributed by atoms with E-state index in [2.05, 4.69) is 0 Å². The van der Waals surface area contributed by atoms with Gasteiger partial charge in [0.1, 0.15) is 5.75 Å². The monoisotopic (exact) mass is 236 g/mol. The fourth-order valence-electron chi connectivity index (χ4n) is 1.36. The normalized spacial score (nSPS) is 11.3. The van der Waals surface area contributed by atoms with Crippen LogP contribution in [-0.4, -0.2) is 25.0 Å². The summed E-state index contributed by atoms with van der Waals surface area (Å²) in [4.78, 5) is 10.9. The summed E-state index contributed by atoms with van der Waals surface area (Å²) in [5.41, 5.74) is 1.09. The molecule has 0 unspecified atom stereocenters. The molecule has 17 heavy (non-hydrogen) atoms. The van der Waals surface area contributed by atoms with Crippen molar-refractivity contribution in [2.45, 2.75) is 13.3 Å². The Balaban J connectivity index is 3.00. The molecule has 0 aliphatic heterocycles. The summed E-state index contributed by atoms with van der Waals surface area (Å²) in [5, 5.41) is 8.97. The molecule has 0 aliphatic rings. The summed E-state index contributed by atoms with van der Waals surface area (Å²) in [6.45, 7) is 1.94. The van der Waals surface area contributed by atoms with Gasteiger partial charge in [-0.1, -0.05) is 25.1 Å². The van der Waals surface area contributed by atoms with E-state index in [1.807, 2.05) is 18.2 Å². The van der Waals surface area contributed by atoms with E-state index in [0.29, 0.717) is 17.7 Å². The lowest BCUT2D eigenvalue weighted by molar-refractivity contribution is -0.132. The second-order valence-electron chi connectivity index (χ2n) is 3.42. The Hall–Kier alpha value is -1.81. The highest BCUT2D eigenvalue weighted by atomic mass is 16.7. The van der Waals surface area contributed by atoms with Crippen LogP contribution in [-0.2, 0) is 9.53 Å². The van der Waals surface area contributed by atoms with Crippen molar-refractivity contribution in [2.24, 2.45) is 0 Å². The SMILES string of the molecule is CCC(=Cc1ccccc1OCOC)C(=O)O. The van der Waals surface area contributed by atoms with Crippen LogP contribution < -0.4 is 4.74 Å². The number of ether oxygens (including phenoxy) is 2. The number of carboxylic acid groups (broad SMARTS) is 1. The van der Waals surface area contributed by atoms with Gasteiger partial charge < -0.3 is 14.6 Å². The van der Waals surface area contributed by atoms with Gasteiger partial charge in [0.15, 0.2) is 6.79 Å². The summed E-state index contributed by atoms with van der Waals surface area (Å²) in [6, 6.07) is 7.25. The zero-order valence-electron chi connectivity index (χ0n) is 9.97. The van der Waals surface area contributed by atoms with Crippen LogP contribution in [0.2, 0.25) is 0 Å². The first-order valence-electron chi connectivity index (χ1n) is 5.33. The number of carbonyl (C=O) groups is 1. The van der Waals surface area contributed by atoms with Crippen molar-refractivity contribution in [2.75, 3.05) is 13.9 Å². The van der Waals surface area contributed by atoms with E-state index in [0.717, 1.165) is 5.56 Å². The Kier molecular flexibility index (Phi) is 5.23. The summed E-state index contributed by atoms with van der Waals surface area (Å²) in [7, 11) is 1.53. The van der Waals surface area contributed by atoms with E-state index in [4.69, 9.17) is 14.6 Å². The van der Waals surface area contributed by atoms with Gasteiger partial charge in [0, 0.05) is 18.2 Å². The molecule has 0 aliphatic carbocycles. The molecule has 0 fully saturated rings. The minimum absolute atomic E-state index is 0.138. The molecule has 0 bridgehead atoms. The zero-order valence-corrected chi connectivity index (χ0v) is 9.97. The summed E-state index contributed by atoms with van der Waals surface area (Å²) < 4.78 is 10.2. The highest BCUT2D eigenvalue weighted by Crippen LogP contribution is 2.21. The Morgan fingerprint density at radius 1 is 1.41 bits per heavy atom. The van der Waals surface area contributed by atoms with Gasteiger partial charge in [0.2, 0.25) is 0 Å². The fourth-order valence-corrected chi connectivity index (χ4v) is 1.36. The van der Waals surface area contributed by atoms with Crippen LogP contribution in [0.3, 0.4) is 0 Å². The number of benzene rings is 1. The van der Waals surface area contributed by atoms with Crippen LogP contribution in [0.5, 0.6) is 5.75 Å². The van der Waals surface area contributed by atoms with E-state index >= 15 is 0 Å². The molecule has 0 saturated heterocycles. The second-order valence-corrected chi connectivity index (χ2v) is 3.42. The van der Waals surface area contributed by atoms with E-state index in [9.17, 15) is 4.79 Å². The van der Waals surface area contributed by atoms with Crippen molar-refractivity contribution in [1.29, 1.82) is 0 Å². The quantitative estimate of drug-likeness (QED) is 0.609.